The van der Waals surface area contributed by atoms with Crippen molar-refractivity contribution in [3.63, 3.8) is 0 Å². The van der Waals surface area contributed by atoms with Crippen LogP contribution in [0.1, 0.15) is 22.7 Å². The minimum absolute atomic E-state index is 0.0177. The topological polar surface area (TPSA) is 26.0 Å². The van der Waals surface area contributed by atoms with Crippen molar-refractivity contribution in [3.05, 3.63) is 69.2 Å². The summed E-state index contributed by atoms with van der Waals surface area (Å²) in [6.07, 6.45) is -4.84. The maximum absolute atomic E-state index is 13.9. The maximum atomic E-state index is 13.9. The molecule has 0 aliphatic carbocycles. The fourth-order valence-corrected chi connectivity index (χ4v) is 2.28. The van der Waals surface area contributed by atoms with Gasteiger partial charge in [-0.05, 0) is 39.7 Å². The van der Waals surface area contributed by atoms with E-state index in [2.05, 4.69) is 15.9 Å². The summed E-state index contributed by atoms with van der Waals surface area (Å²) >= 11 is 2.97. The summed E-state index contributed by atoms with van der Waals surface area (Å²) in [5, 5.41) is 0. The van der Waals surface area contributed by atoms with E-state index in [-0.39, 0.29) is 15.6 Å². The van der Waals surface area contributed by atoms with Gasteiger partial charge < -0.3 is 5.73 Å². The number of benzene rings is 2. The first kappa shape index (κ1) is 15.9. The fraction of sp³-hybridized carbons (Fsp3) is 0.143. The van der Waals surface area contributed by atoms with Crippen LogP contribution in [0, 0.1) is 11.6 Å². The van der Waals surface area contributed by atoms with E-state index >= 15 is 0 Å². The van der Waals surface area contributed by atoms with E-state index in [1.807, 2.05) is 0 Å². The fourth-order valence-electron chi connectivity index (χ4n) is 1.89. The van der Waals surface area contributed by atoms with Gasteiger partial charge >= 0.3 is 6.18 Å². The van der Waals surface area contributed by atoms with Crippen LogP contribution in [0.3, 0.4) is 0 Å². The van der Waals surface area contributed by atoms with Crippen LogP contribution in [0.2, 0.25) is 0 Å². The zero-order valence-corrected chi connectivity index (χ0v) is 12.0. The zero-order chi connectivity index (χ0) is 15.8. The van der Waals surface area contributed by atoms with Gasteiger partial charge in [-0.15, -0.1) is 0 Å². The van der Waals surface area contributed by atoms with E-state index in [0.717, 1.165) is 6.07 Å². The Morgan fingerprint density at radius 3 is 2.33 bits per heavy atom. The zero-order valence-electron chi connectivity index (χ0n) is 10.4. The Morgan fingerprint density at radius 1 is 1.05 bits per heavy atom. The van der Waals surface area contributed by atoms with Crippen LogP contribution in [-0.2, 0) is 6.18 Å². The van der Waals surface area contributed by atoms with Crippen LogP contribution in [0.15, 0.2) is 40.9 Å². The highest BCUT2D eigenvalue weighted by atomic mass is 79.9. The third-order valence-corrected chi connectivity index (χ3v) is 3.58. The standard InChI is InChI=1S/C14H9BrF5N/c15-10-3-1-2-8(12(10)17)13(21)7-4-5-11(16)9(6-7)14(18,19)20/h1-6,13H,21H2. The highest BCUT2D eigenvalue weighted by Gasteiger charge is 2.34. The van der Waals surface area contributed by atoms with Crippen molar-refractivity contribution in [1.82, 2.24) is 0 Å². The van der Waals surface area contributed by atoms with Gasteiger partial charge in [0.1, 0.15) is 11.6 Å². The Hall–Kier alpha value is -1.47. The molecule has 2 rings (SSSR count). The van der Waals surface area contributed by atoms with Gasteiger partial charge in [-0.2, -0.15) is 13.2 Å². The highest BCUT2D eigenvalue weighted by Crippen LogP contribution is 2.34. The number of hydrogen-bond acceptors (Lipinski definition) is 1. The summed E-state index contributed by atoms with van der Waals surface area (Å²) in [6, 6.07) is 5.56. The molecule has 21 heavy (non-hydrogen) atoms. The Morgan fingerprint density at radius 2 is 1.71 bits per heavy atom. The Kier molecular flexibility index (Phi) is 4.34. The molecule has 2 aromatic rings. The summed E-state index contributed by atoms with van der Waals surface area (Å²) in [5.74, 6) is -2.06. The molecular weight excluding hydrogens is 357 g/mol. The molecular formula is C14H9BrF5N. The summed E-state index contributed by atoms with van der Waals surface area (Å²) in [7, 11) is 0. The molecule has 0 amide bonds. The first-order chi connectivity index (χ1) is 9.71. The number of hydrogen-bond donors (Lipinski definition) is 1. The van der Waals surface area contributed by atoms with Crippen molar-refractivity contribution in [3.8, 4) is 0 Å². The molecule has 0 bridgehead atoms. The van der Waals surface area contributed by atoms with E-state index in [1.165, 1.54) is 18.2 Å². The number of halogens is 6. The molecule has 0 heterocycles. The van der Waals surface area contributed by atoms with Gasteiger partial charge in [0.05, 0.1) is 16.1 Å². The van der Waals surface area contributed by atoms with E-state index in [0.29, 0.717) is 12.1 Å². The van der Waals surface area contributed by atoms with Crippen LogP contribution in [0.5, 0.6) is 0 Å². The van der Waals surface area contributed by atoms with E-state index < -0.39 is 29.4 Å². The second-order valence-corrected chi connectivity index (χ2v) is 5.21. The molecule has 2 N–H and O–H groups in total. The lowest BCUT2D eigenvalue weighted by molar-refractivity contribution is -0.140. The lowest BCUT2D eigenvalue weighted by Crippen LogP contribution is -2.16. The molecule has 0 saturated heterocycles. The van der Waals surface area contributed by atoms with Gasteiger partial charge in [0.2, 0.25) is 0 Å². The third-order valence-electron chi connectivity index (χ3n) is 2.97. The van der Waals surface area contributed by atoms with Crippen molar-refractivity contribution >= 4 is 15.9 Å². The van der Waals surface area contributed by atoms with Crippen molar-refractivity contribution in [1.29, 1.82) is 0 Å². The molecule has 0 aliphatic heterocycles. The van der Waals surface area contributed by atoms with Crippen LogP contribution in [-0.4, -0.2) is 0 Å². The molecule has 0 aromatic heterocycles. The lowest BCUT2D eigenvalue weighted by atomic mass is 9.97. The smallest absolute Gasteiger partial charge is 0.320 e. The molecule has 1 atom stereocenters. The number of nitrogens with two attached hydrogens (primary N) is 1. The largest absolute Gasteiger partial charge is 0.419 e. The molecule has 0 aliphatic rings. The number of alkyl halides is 3. The first-order valence-electron chi connectivity index (χ1n) is 5.78. The molecule has 0 spiro atoms. The molecule has 1 nitrogen and oxygen atoms in total. The number of rotatable bonds is 2. The summed E-state index contributed by atoms with van der Waals surface area (Å²) < 4.78 is 65.3. The Labute approximate surface area is 125 Å². The summed E-state index contributed by atoms with van der Waals surface area (Å²) in [4.78, 5) is 0. The van der Waals surface area contributed by atoms with Gasteiger partial charge in [-0.3, -0.25) is 0 Å². The predicted octanol–water partition coefficient (Wildman–Crippen LogP) is 4.79. The molecule has 7 heteroatoms. The van der Waals surface area contributed by atoms with Crippen molar-refractivity contribution in [2.24, 2.45) is 5.73 Å². The quantitative estimate of drug-likeness (QED) is 0.760. The molecule has 0 radical (unpaired) electrons. The second kappa shape index (κ2) is 5.73. The Balaban J connectivity index is 2.49. The maximum Gasteiger partial charge on any atom is 0.419 e. The normalized spacial score (nSPS) is 13.3. The van der Waals surface area contributed by atoms with E-state index in [1.54, 1.807) is 0 Å². The Bertz CT molecular complexity index is 669. The van der Waals surface area contributed by atoms with Crippen molar-refractivity contribution in [2.45, 2.75) is 12.2 Å². The predicted molar refractivity (Wildman–Crippen MR) is 71.5 cm³/mol. The third kappa shape index (κ3) is 3.24. The molecule has 112 valence electrons. The molecule has 2 aromatic carbocycles. The summed E-state index contributed by atoms with van der Waals surface area (Å²) in [5.41, 5.74) is 4.36. The van der Waals surface area contributed by atoms with Gasteiger partial charge in [0.25, 0.3) is 0 Å². The van der Waals surface area contributed by atoms with Crippen LogP contribution in [0.4, 0.5) is 22.0 Å². The lowest BCUT2D eigenvalue weighted by Gasteiger charge is -2.16. The van der Waals surface area contributed by atoms with Gasteiger partial charge in [0.15, 0.2) is 0 Å². The molecule has 0 fully saturated rings. The van der Waals surface area contributed by atoms with Gasteiger partial charge in [-0.25, -0.2) is 8.78 Å². The van der Waals surface area contributed by atoms with Crippen molar-refractivity contribution < 1.29 is 22.0 Å². The minimum atomic E-state index is -4.84. The van der Waals surface area contributed by atoms with Gasteiger partial charge in [-0.1, -0.05) is 18.2 Å². The molecule has 1 unspecified atom stereocenters. The monoisotopic (exact) mass is 365 g/mol. The summed E-state index contributed by atoms with van der Waals surface area (Å²) in [6.45, 7) is 0. The SMILES string of the molecule is NC(c1ccc(F)c(C(F)(F)F)c1)c1cccc(Br)c1F. The van der Waals surface area contributed by atoms with E-state index in [4.69, 9.17) is 5.73 Å². The van der Waals surface area contributed by atoms with Crippen molar-refractivity contribution in [2.75, 3.05) is 0 Å². The van der Waals surface area contributed by atoms with E-state index in [9.17, 15) is 22.0 Å². The van der Waals surface area contributed by atoms with Gasteiger partial charge in [0, 0.05) is 5.56 Å². The average Bonchev–Trinajstić information content (AvgIpc) is 2.40. The van der Waals surface area contributed by atoms with Crippen LogP contribution < -0.4 is 5.73 Å². The first-order valence-corrected chi connectivity index (χ1v) is 6.57. The minimum Gasteiger partial charge on any atom is -0.320 e. The second-order valence-electron chi connectivity index (χ2n) is 4.36. The highest BCUT2D eigenvalue weighted by molar-refractivity contribution is 9.10. The van der Waals surface area contributed by atoms with Crippen LogP contribution >= 0.6 is 15.9 Å². The average molecular weight is 366 g/mol. The van der Waals surface area contributed by atoms with Crippen LogP contribution in [0.25, 0.3) is 0 Å². The molecule has 0 saturated carbocycles.